The van der Waals surface area contributed by atoms with Gasteiger partial charge in [0.1, 0.15) is 17.2 Å². The maximum Gasteiger partial charge on any atom is 0.141 e. The first kappa shape index (κ1) is 12.7. The van der Waals surface area contributed by atoms with Gasteiger partial charge in [-0.3, -0.25) is 4.98 Å². The molecule has 2 aromatic heterocycles. The lowest BCUT2D eigenvalue weighted by atomic mass is 9.97. The molecule has 0 bridgehead atoms. The topological polar surface area (TPSA) is 50.9 Å². The van der Waals surface area contributed by atoms with Gasteiger partial charge >= 0.3 is 0 Å². The second-order valence-corrected chi connectivity index (χ2v) is 4.44. The molecule has 0 aliphatic heterocycles. The average molecular weight is 249 g/mol. The molecule has 0 amide bonds. The summed E-state index contributed by atoms with van der Waals surface area (Å²) in [6.45, 7) is 4.46. The first-order valence-corrected chi connectivity index (χ1v) is 5.87. The number of halogens is 1. The monoisotopic (exact) mass is 249 g/mol. The highest BCUT2D eigenvalue weighted by atomic mass is 19.1. The summed E-state index contributed by atoms with van der Waals surface area (Å²) in [6, 6.07) is 2.79. The first-order valence-electron chi connectivity index (χ1n) is 5.87. The number of aliphatic hydroxyl groups is 1. The summed E-state index contributed by atoms with van der Waals surface area (Å²) in [6.07, 6.45) is 5.01. The van der Waals surface area contributed by atoms with E-state index in [2.05, 4.69) is 9.97 Å². The number of nitrogens with zero attached hydrogens (tertiary/aromatic N) is 3. The molecule has 2 rings (SSSR count). The van der Waals surface area contributed by atoms with Gasteiger partial charge in [0.25, 0.3) is 0 Å². The Hall–Kier alpha value is -1.75. The van der Waals surface area contributed by atoms with Crippen molar-refractivity contribution in [1.82, 2.24) is 14.5 Å². The van der Waals surface area contributed by atoms with Gasteiger partial charge in [0.2, 0.25) is 0 Å². The standard InChI is InChI=1S/C13H16FN3O/c1-3-17-7-6-15-12(17)8-13(2,18)11-5-4-10(14)9-16-11/h4-7,9,18H,3,8H2,1-2H3. The van der Waals surface area contributed by atoms with E-state index in [-0.39, 0.29) is 0 Å². The fourth-order valence-corrected chi connectivity index (χ4v) is 1.89. The van der Waals surface area contributed by atoms with Gasteiger partial charge in [0, 0.05) is 25.4 Å². The van der Waals surface area contributed by atoms with Crippen LogP contribution in [0.3, 0.4) is 0 Å². The van der Waals surface area contributed by atoms with Gasteiger partial charge < -0.3 is 9.67 Å². The van der Waals surface area contributed by atoms with Crippen LogP contribution in [0, 0.1) is 5.82 Å². The van der Waals surface area contributed by atoms with Crippen LogP contribution < -0.4 is 0 Å². The predicted octanol–water partition coefficient (Wildman–Crippen LogP) is 1.89. The molecule has 0 spiro atoms. The molecule has 1 N–H and O–H groups in total. The lowest BCUT2D eigenvalue weighted by molar-refractivity contribution is 0.0499. The highest BCUT2D eigenvalue weighted by molar-refractivity contribution is 5.15. The summed E-state index contributed by atoms with van der Waals surface area (Å²) < 4.78 is 14.8. The lowest BCUT2D eigenvalue weighted by Crippen LogP contribution is -2.27. The van der Waals surface area contributed by atoms with Crippen molar-refractivity contribution in [2.24, 2.45) is 0 Å². The Kier molecular flexibility index (Phi) is 3.43. The SMILES string of the molecule is CCn1ccnc1CC(C)(O)c1ccc(F)cn1. The van der Waals surface area contributed by atoms with Gasteiger partial charge in [-0.05, 0) is 26.0 Å². The van der Waals surface area contributed by atoms with E-state index in [1.807, 2.05) is 17.7 Å². The Balaban J connectivity index is 2.23. The fourth-order valence-electron chi connectivity index (χ4n) is 1.89. The second-order valence-electron chi connectivity index (χ2n) is 4.44. The van der Waals surface area contributed by atoms with Crippen LogP contribution in [0.25, 0.3) is 0 Å². The van der Waals surface area contributed by atoms with Crippen molar-refractivity contribution in [2.45, 2.75) is 32.4 Å². The average Bonchev–Trinajstić information content (AvgIpc) is 2.76. The summed E-state index contributed by atoms with van der Waals surface area (Å²) in [5, 5.41) is 10.4. The van der Waals surface area contributed by atoms with Gasteiger partial charge in [0.15, 0.2) is 0 Å². The number of aryl methyl sites for hydroxylation is 1. The Labute approximate surface area is 105 Å². The van der Waals surface area contributed by atoms with Gasteiger partial charge in [-0.25, -0.2) is 9.37 Å². The summed E-state index contributed by atoms with van der Waals surface area (Å²) in [7, 11) is 0. The summed E-state index contributed by atoms with van der Waals surface area (Å²) in [5.41, 5.74) is -0.721. The minimum atomic E-state index is -1.16. The molecule has 18 heavy (non-hydrogen) atoms. The van der Waals surface area contributed by atoms with Crippen molar-refractivity contribution in [3.63, 3.8) is 0 Å². The second kappa shape index (κ2) is 4.86. The third-order valence-electron chi connectivity index (χ3n) is 2.92. The van der Waals surface area contributed by atoms with Crippen LogP contribution >= 0.6 is 0 Å². The van der Waals surface area contributed by atoms with Crippen molar-refractivity contribution >= 4 is 0 Å². The predicted molar refractivity (Wildman–Crippen MR) is 65.4 cm³/mol. The molecule has 4 nitrogen and oxygen atoms in total. The number of rotatable bonds is 4. The van der Waals surface area contributed by atoms with Crippen LogP contribution in [0.5, 0.6) is 0 Å². The molecule has 1 atom stereocenters. The van der Waals surface area contributed by atoms with E-state index in [0.717, 1.165) is 18.6 Å². The Morgan fingerprint density at radius 1 is 1.39 bits per heavy atom. The largest absolute Gasteiger partial charge is 0.383 e. The van der Waals surface area contributed by atoms with E-state index in [4.69, 9.17) is 0 Å². The number of hydrogen-bond donors (Lipinski definition) is 1. The number of imidazole rings is 1. The number of aromatic nitrogens is 3. The molecule has 0 aromatic carbocycles. The lowest BCUT2D eigenvalue weighted by Gasteiger charge is -2.22. The van der Waals surface area contributed by atoms with Crippen LogP contribution in [-0.4, -0.2) is 19.6 Å². The van der Waals surface area contributed by atoms with Crippen LogP contribution in [-0.2, 0) is 18.6 Å². The van der Waals surface area contributed by atoms with E-state index in [1.165, 1.54) is 12.1 Å². The Morgan fingerprint density at radius 3 is 2.78 bits per heavy atom. The molecule has 0 saturated carbocycles. The molecule has 5 heteroatoms. The van der Waals surface area contributed by atoms with Crippen molar-refractivity contribution < 1.29 is 9.50 Å². The van der Waals surface area contributed by atoms with Gasteiger partial charge in [0.05, 0.1) is 11.9 Å². The molecule has 0 radical (unpaired) electrons. The van der Waals surface area contributed by atoms with E-state index < -0.39 is 11.4 Å². The van der Waals surface area contributed by atoms with Gasteiger partial charge in [-0.2, -0.15) is 0 Å². The third kappa shape index (κ3) is 2.56. The van der Waals surface area contributed by atoms with Crippen LogP contribution in [0.15, 0.2) is 30.7 Å². The van der Waals surface area contributed by atoms with Gasteiger partial charge in [-0.15, -0.1) is 0 Å². The van der Waals surface area contributed by atoms with Gasteiger partial charge in [-0.1, -0.05) is 0 Å². The third-order valence-corrected chi connectivity index (χ3v) is 2.92. The quantitative estimate of drug-likeness (QED) is 0.900. The first-order chi connectivity index (χ1) is 8.53. The molecule has 96 valence electrons. The summed E-state index contributed by atoms with van der Waals surface area (Å²) in [4.78, 5) is 8.14. The van der Waals surface area contributed by atoms with E-state index in [0.29, 0.717) is 12.1 Å². The fraction of sp³-hybridized carbons (Fsp3) is 0.385. The number of hydrogen-bond acceptors (Lipinski definition) is 3. The Bertz CT molecular complexity index is 519. The zero-order valence-electron chi connectivity index (χ0n) is 10.5. The molecule has 2 aromatic rings. The Morgan fingerprint density at radius 2 is 2.17 bits per heavy atom. The molecule has 0 aliphatic rings. The minimum absolute atomic E-state index is 0.340. The van der Waals surface area contributed by atoms with Crippen LogP contribution in [0.4, 0.5) is 4.39 Å². The molecular formula is C13H16FN3O. The zero-order valence-corrected chi connectivity index (χ0v) is 10.5. The maximum atomic E-state index is 12.8. The zero-order chi connectivity index (χ0) is 13.2. The summed E-state index contributed by atoms with van der Waals surface area (Å²) in [5.74, 6) is 0.373. The molecule has 0 saturated heterocycles. The molecule has 0 fully saturated rings. The maximum absolute atomic E-state index is 12.8. The molecule has 2 heterocycles. The molecule has 0 aliphatic carbocycles. The molecular weight excluding hydrogens is 233 g/mol. The van der Waals surface area contributed by atoms with E-state index >= 15 is 0 Å². The molecule has 1 unspecified atom stereocenters. The normalized spacial score (nSPS) is 14.4. The van der Waals surface area contributed by atoms with Crippen molar-refractivity contribution in [3.05, 3.63) is 48.1 Å². The van der Waals surface area contributed by atoms with E-state index in [9.17, 15) is 9.50 Å². The van der Waals surface area contributed by atoms with Crippen LogP contribution in [0.2, 0.25) is 0 Å². The minimum Gasteiger partial charge on any atom is -0.383 e. The highest BCUT2D eigenvalue weighted by Gasteiger charge is 2.27. The van der Waals surface area contributed by atoms with E-state index in [1.54, 1.807) is 13.1 Å². The smallest absolute Gasteiger partial charge is 0.141 e. The number of pyridine rings is 1. The van der Waals surface area contributed by atoms with Crippen LogP contribution in [0.1, 0.15) is 25.4 Å². The van der Waals surface area contributed by atoms with Crippen molar-refractivity contribution in [2.75, 3.05) is 0 Å². The van der Waals surface area contributed by atoms with Crippen molar-refractivity contribution in [3.8, 4) is 0 Å². The van der Waals surface area contributed by atoms with Crippen molar-refractivity contribution in [1.29, 1.82) is 0 Å². The highest BCUT2D eigenvalue weighted by Crippen LogP contribution is 2.23. The summed E-state index contributed by atoms with van der Waals surface area (Å²) >= 11 is 0.